The van der Waals surface area contributed by atoms with Crippen molar-refractivity contribution in [2.75, 3.05) is 12.4 Å². The number of hydrogen-bond donors (Lipinski definition) is 4. The monoisotopic (exact) mass is 556 g/mol. The normalized spacial score (nSPS) is 29.4. The van der Waals surface area contributed by atoms with E-state index in [0.29, 0.717) is 29.3 Å². The predicted molar refractivity (Wildman–Crippen MR) is 145 cm³/mol. The van der Waals surface area contributed by atoms with Crippen molar-refractivity contribution >= 4 is 22.9 Å². The van der Waals surface area contributed by atoms with E-state index < -0.39 is 35.3 Å². The zero-order chi connectivity index (χ0) is 28.5. The molecule has 2 aromatic carbocycles. The standard InChI is InChI=1S/C30H26F2N6O3/c1-33-29(41)30-13-18(30)24(25(39)26(30)40)38-14-34-23-27(35-21-12-17(21)16-5-3-2-4-6-16)36-22(37-28(23)38)10-8-15-7-9-19(31)20(32)11-15/h2-7,9,11,14,17-18,21,24-26,39-40H,12-13H2,1H3,(H,33,41)(H,35,36,37)/t17-,18?,21?,24+,25?,26-,30+/m0/s1. The molecule has 0 aliphatic heterocycles. The highest BCUT2D eigenvalue weighted by atomic mass is 19.2. The average molecular weight is 557 g/mol. The zero-order valence-electron chi connectivity index (χ0n) is 21.9. The Hall–Kier alpha value is -4.40. The molecule has 41 heavy (non-hydrogen) atoms. The summed E-state index contributed by atoms with van der Waals surface area (Å²) < 4.78 is 28.8. The van der Waals surface area contributed by atoms with Crippen LogP contribution in [-0.4, -0.2) is 60.9 Å². The molecule has 7 rings (SSSR count). The molecule has 0 bridgehead atoms. The van der Waals surface area contributed by atoms with Crippen LogP contribution in [0.1, 0.15) is 41.8 Å². The molecule has 4 N–H and O–H groups in total. The lowest BCUT2D eigenvalue weighted by atomic mass is 9.98. The fourth-order valence-corrected chi connectivity index (χ4v) is 6.38. The molecule has 9 nitrogen and oxygen atoms in total. The SMILES string of the molecule is CNC(=O)[C@]12CC1[C@@H](n1cnc3c(NC4C[C@H]4c4ccccc4)nc(C#Cc4ccc(F)c(F)c4)nc31)C(O)[C@@H]2O. The summed E-state index contributed by atoms with van der Waals surface area (Å²) in [6.45, 7) is 0. The van der Waals surface area contributed by atoms with Crippen LogP contribution in [0.15, 0.2) is 54.9 Å². The van der Waals surface area contributed by atoms with Crippen molar-refractivity contribution < 1.29 is 23.8 Å². The molecular weight excluding hydrogens is 530 g/mol. The molecule has 0 radical (unpaired) electrons. The van der Waals surface area contributed by atoms with Crippen molar-refractivity contribution in [2.24, 2.45) is 11.3 Å². The molecule has 7 atom stereocenters. The third kappa shape index (κ3) is 4.05. The first-order valence-corrected chi connectivity index (χ1v) is 13.4. The number of carbonyl (C=O) groups is 1. The summed E-state index contributed by atoms with van der Waals surface area (Å²) in [6, 6.07) is 13.0. The van der Waals surface area contributed by atoms with Gasteiger partial charge in [-0.25, -0.2) is 23.7 Å². The number of nitrogens with one attached hydrogen (secondary N) is 2. The van der Waals surface area contributed by atoms with Crippen molar-refractivity contribution in [1.29, 1.82) is 0 Å². The third-order valence-electron chi connectivity index (χ3n) is 8.64. The Bertz CT molecular complexity index is 1750. The summed E-state index contributed by atoms with van der Waals surface area (Å²) in [6.07, 6.45) is 0.417. The number of rotatable bonds is 5. The number of aliphatic hydroxyl groups excluding tert-OH is 2. The van der Waals surface area contributed by atoms with E-state index in [1.165, 1.54) is 25.0 Å². The number of nitrogens with zero attached hydrogens (tertiary/aromatic N) is 4. The van der Waals surface area contributed by atoms with Crippen molar-refractivity contribution in [3.8, 4) is 11.8 Å². The number of aliphatic hydroxyl groups is 2. The molecule has 0 spiro atoms. The molecule has 11 heteroatoms. The highest BCUT2D eigenvalue weighted by molar-refractivity contribution is 5.88. The lowest BCUT2D eigenvalue weighted by Crippen LogP contribution is -2.41. The van der Waals surface area contributed by atoms with Crippen LogP contribution in [0.25, 0.3) is 11.2 Å². The maximum absolute atomic E-state index is 13.7. The first-order valence-electron chi connectivity index (χ1n) is 13.4. The van der Waals surface area contributed by atoms with E-state index in [1.54, 1.807) is 4.57 Å². The molecule has 1 amide bonds. The van der Waals surface area contributed by atoms with E-state index in [4.69, 9.17) is 0 Å². The number of aromatic nitrogens is 4. The second-order valence-corrected chi connectivity index (χ2v) is 11.0. The van der Waals surface area contributed by atoms with Gasteiger partial charge in [0.05, 0.1) is 23.9 Å². The molecule has 208 valence electrons. The van der Waals surface area contributed by atoms with Crippen molar-refractivity contribution in [3.63, 3.8) is 0 Å². The number of benzene rings is 2. The Morgan fingerprint density at radius 3 is 2.66 bits per heavy atom. The van der Waals surface area contributed by atoms with Gasteiger partial charge in [0.1, 0.15) is 6.10 Å². The van der Waals surface area contributed by atoms with Gasteiger partial charge >= 0.3 is 0 Å². The van der Waals surface area contributed by atoms with Crippen LogP contribution in [0.5, 0.6) is 0 Å². The number of fused-ring (bicyclic) bond motifs is 2. The summed E-state index contributed by atoms with van der Waals surface area (Å²) in [5.41, 5.74) is 1.24. The van der Waals surface area contributed by atoms with E-state index in [0.717, 1.165) is 18.6 Å². The molecule has 3 unspecified atom stereocenters. The largest absolute Gasteiger partial charge is 0.389 e. The van der Waals surface area contributed by atoms with Crippen LogP contribution in [0.4, 0.5) is 14.6 Å². The molecular formula is C30H26F2N6O3. The molecule has 2 aromatic heterocycles. The van der Waals surface area contributed by atoms with Gasteiger partial charge in [-0.1, -0.05) is 36.3 Å². The number of halogens is 2. The van der Waals surface area contributed by atoms with Gasteiger partial charge in [-0.05, 0) is 42.5 Å². The average Bonchev–Trinajstić information content (AvgIpc) is 3.86. The van der Waals surface area contributed by atoms with Gasteiger partial charge in [-0.2, -0.15) is 0 Å². The van der Waals surface area contributed by atoms with E-state index in [2.05, 4.69) is 49.6 Å². The maximum Gasteiger partial charge on any atom is 0.229 e. The van der Waals surface area contributed by atoms with Gasteiger partial charge < -0.3 is 25.4 Å². The van der Waals surface area contributed by atoms with E-state index in [9.17, 15) is 23.8 Å². The Morgan fingerprint density at radius 1 is 1.10 bits per heavy atom. The quantitative estimate of drug-likeness (QED) is 0.279. The Kier molecular flexibility index (Phi) is 5.81. The van der Waals surface area contributed by atoms with Gasteiger partial charge in [-0.3, -0.25) is 4.79 Å². The molecule has 3 aliphatic carbocycles. The minimum absolute atomic E-state index is 0.107. The summed E-state index contributed by atoms with van der Waals surface area (Å²) >= 11 is 0. The lowest BCUT2D eigenvalue weighted by Gasteiger charge is -2.23. The van der Waals surface area contributed by atoms with Crippen molar-refractivity contribution in [1.82, 2.24) is 24.8 Å². The van der Waals surface area contributed by atoms with Gasteiger partial charge in [0.25, 0.3) is 0 Å². The van der Waals surface area contributed by atoms with Crippen LogP contribution >= 0.6 is 0 Å². The fourth-order valence-electron chi connectivity index (χ4n) is 6.38. The third-order valence-corrected chi connectivity index (χ3v) is 8.64. The molecule has 0 saturated heterocycles. The Balaban J connectivity index is 1.28. The molecule has 4 aromatic rings. The number of imidazole rings is 1. The van der Waals surface area contributed by atoms with E-state index >= 15 is 0 Å². The number of anilines is 1. The van der Waals surface area contributed by atoms with Gasteiger partial charge in [0.15, 0.2) is 28.6 Å². The first-order chi connectivity index (χ1) is 19.8. The predicted octanol–water partition coefficient (Wildman–Crippen LogP) is 2.50. The van der Waals surface area contributed by atoms with Gasteiger partial charge in [0.2, 0.25) is 11.7 Å². The summed E-state index contributed by atoms with van der Waals surface area (Å²) in [5, 5.41) is 28.0. The van der Waals surface area contributed by atoms with Crippen molar-refractivity contribution in [3.05, 3.63) is 83.4 Å². The first kappa shape index (κ1) is 25.6. The van der Waals surface area contributed by atoms with E-state index in [1.807, 2.05) is 18.2 Å². The van der Waals surface area contributed by atoms with Crippen LogP contribution in [0.3, 0.4) is 0 Å². The molecule has 2 heterocycles. The van der Waals surface area contributed by atoms with Crippen LogP contribution in [0.2, 0.25) is 0 Å². The zero-order valence-corrected chi connectivity index (χ0v) is 21.9. The molecule has 3 aliphatic rings. The maximum atomic E-state index is 13.7. The number of amides is 1. The molecule has 3 saturated carbocycles. The topological polar surface area (TPSA) is 125 Å². The number of carbonyl (C=O) groups excluding carboxylic acids is 1. The van der Waals surface area contributed by atoms with Crippen molar-refractivity contribution in [2.45, 2.75) is 43.1 Å². The van der Waals surface area contributed by atoms with Crippen LogP contribution in [-0.2, 0) is 4.79 Å². The van der Waals surface area contributed by atoms with Gasteiger partial charge in [0, 0.05) is 30.5 Å². The second kappa shape index (κ2) is 9.33. The summed E-state index contributed by atoms with van der Waals surface area (Å²) in [4.78, 5) is 26.4. The Labute approximate surface area is 233 Å². The van der Waals surface area contributed by atoms with E-state index in [-0.39, 0.29) is 29.3 Å². The molecule has 3 fully saturated rings. The minimum Gasteiger partial charge on any atom is -0.389 e. The number of hydrogen-bond acceptors (Lipinski definition) is 7. The highest BCUT2D eigenvalue weighted by Gasteiger charge is 2.75. The highest BCUT2D eigenvalue weighted by Crippen LogP contribution is 2.67. The smallest absolute Gasteiger partial charge is 0.229 e. The van der Waals surface area contributed by atoms with Gasteiger partial charge in [-0.15, -0.1) is 0 Å². The lowest BCUT2D eigenvalue weighted by molar-refractivity contribution is -0.132. The Morgan fingerprint density at radius 2 is 1.90 bits per heavy atom. The minimum atomic E-state index is -1.24. The summed E-state index contributed by atoms with van der Waals surface area (Å²) in [5.74, 6) is 3.90. The van der Waals surface area contributed by atoms with Crippen LogP contribution < -0.4 is 10.6 Å². The second-order valence-electron chi connectivity index (χ2n) is 11.0. The summed E-state index contributed by atoms with van der Waals surface area (Å²) in [7, 11) is 1.51. The van der Waals surface area contributed by atoms with Crippen LogP contribution in [0, 0.1) is 34.8 Å². The fraction of sp³-hybridized carbons (Fsp3) is 0.333.